The van der Waals surface area contributed by atoms with E-state index in [1.165, 1.54) is 0 Å². The van der Waals surface area contributed by atoms with E-state index in [4.69, 9.17) is 10.5 Å². The molecule has 0 saturated heterocycles. The normalized spacial score (nSPS) is 13.0. The minimum absolute atomic E-state index is 0.00700. The molecule has 1 atom stereocenters. The maximum Gasteiger partial charge on any atom is 0.419 e. The predicted molar refractivity (Wildman–Crippen MR) is 70.3 cm³/mol. The average molecular weight is 299 g/mol. The summed E-state index contributed by atoms with van der Waals surface area (Å²) in [6, 6.07) is 11.0. The molecule has 21 heavy (non-hydrogen) atoms. The molecule has 2 nitrogen and oxygen atoms in total. The lowest BCUT2D eigenvalue weighted by Crippen LogP contribution is -2.19. The van der Waals surface area contributed by atoms with Gasteiger partial charge in [0.25, 0.3) is 0 Å². The minimum Gasteiger partial charge on any atom is -0.492 e. The van der Waals surface area contributed by atoms with Crippen molar-refractivity contribution in [1.29, 1.82) is 0 Å². The zero-order valence-electron chi connectivity index (χ0n) is 10.9. The lowest BCUT2D eigenvalue weighted by Gasteiger charge is -2.15. The number of rotatable bonds is 4. The summed E-state index contributed by atoms with van der Waals surface area (Å²) in [6.45, 7) is -0.00700. The summed E-state index contributed by atoms with van der Waals surface area (Å²) in [6.07, 6.45) is -4.76. The van der Waals surface area contributed by atoms with Gasteiger partial charge in [0.15, 0.2) is 0 Å². The van der Waals surface area contributed by atoms with Crippen molar-refractivity contribution < 1.29 is 22.3 Å². The third-order valence-corrected chi connectivity index (χ3v) is 2.90. The van der Waals surface area contributed by atoms with Gasteiger partial charge in [-0.2, -0.15) is 13.2 Å². The minimum atomic E-state index is -4.76. The number of nitrogens with two attached hydrogens (primary N) is 1. The molecule has 0 fully saturated rings. The lowest BCUT2D eigenvalue weighted by atomic mass is 10.1. The Balaban J connectivity index is 2.07. The van der Waals surface area contributed by atoms with Crippen molar-refractivity contribution in [3.8, 4) is 5.75 Å². The van der Waals surface area contributed by atoms with Crippen molar-refractivity contribution >= 4 is 0 Å². The molecule has 2 aromatic carbocycles. The molecule has 2 rings (SSSR count). The van der Waals surface area contributed by atoms with E-state index in [0.29, 0.717) is 6.07 Å². The topological polar surface area (TPSA) is 35.2 Å². The van der Waals surface area contributed by atoms with E-state index in [1.807, 2.05) is 6.07 Å². The van der Waals surface area contributed by atoms with Crippen LogP contribution < -0.4 is 10.5 Å². The molecule has 0 amide bonds. The Kier molecular flexibility index (Phi) is 4.47. The Hall–Kier alpha value is -2.08. The fourth-order valence-corrected chi connectivity index (χ4v) is 1.79. The number of ether oxygens (including phenoxy) is 1. The first kappa shape index (κ1) is 15.3. The highest BCUT2D eigenvalue weighted by Crippen LogP contribution is 2.33. The molecule has 112 valence electrons. The highest BCUT2D eigenvalue weighted by molar-refractivity contribution is 5.32. The van der Waals surface area contributed by atoms with Crippen LogP contribution in [0, 0.1) is 5.82 Å². The van der Waals surface area contributed by atoms with Crippen LogP contribution in [0.15, 0.2) is 48.5 Å². The van der Waals surface area contributed by atoms with Crippen molar-refractivity contribution in [2.24, 2.45) is 5.73 Å². The van der Waals surface area contributed by atoms with Gasteiger partial charge in [-0.1, -0.05) is 30.3 Å². The molecule has 2 N–H and O–H groups in total. The van der Waals surface area contributed by atoms with Gasteiger partial charge in [0.05, 0.1) is 11.6 Å². The predicted octanol–water partition coefficient (Wildman–Crippen LogP) is 3.92. The van der Waals surface area contributed by atoms with Gasteiger partial charge < -0.3 is 10.5 Å². The summed E-state index contributed by atoms with van der Waals surface area (Å²) in [5.74, 6) is -1.41. The van der Waals surface area contributed by atoms with Gasteiger partial charge >= 0.3 is 6.18 Å². The summed E-state index contributed by atoms with van der Waals surface area (Å²) >= 11 is 0. The first-order chi connectivity index (χ1) is 9.88. The fourth-order valence-electron chi connectivity index (χ4n) is 1.79. The molecule has 0 bridgehead atoms. The van der Waals surface area contributed by atoms with Crippen molar-refractivity contribution in [3.05, 3.63) is 65.5 Å². The van der Waals surface area contributed by atoms with Crippen LogP contribution in [0.4, 0.5) is 17.6 Å². The smallest absolute Gasteiger partial charge is 0.419 e. The van der Waals surface area contributed by atoms with Crippen LogP contribution in [-0.2, 0) is 6.18 Å². The van der Waals surface area contributed by atoms with E-state index < -0.39 is 23.6 Å². The van der Waals surface area contributed by atoms with Gasteiger partial charge in [0.1, 0.15) is 18.2 Å². The second-order valence-electron chi connectivity index (χ2n) is 4.47. The Labute approximate surface area is 119 Å². The SMILES string of the molecule is NC(COc1ccc(F)c(C(F)(F)F)c1)c1ccccc1. The highest BCUT2D eigenvalue weighted by Gasteiger charge is 2.34. The summed E-state index contributed by atoms with van der Waals surface area (Å²) in [4.78, 5) is 0. The maximum absolute atomic E-state index is 13.1. The molecule has 0 aliphatic heterocycles. The Morgan fingerprint density at radius 2 is 1.71 bits per heavy atom. The quantitative estimate of drug-likeness (QED) is 0.868. The van der Waals surface area contributed by atoms with Crippen LogP contribution in [0.2, 0.25) is 0 Å². The van der Waals surface area contributed by atoms with Gasteiger partial charge in [-0.05, 0) is 23.8 Å². The standard InChI is InChI=1S/C15H13F4NO/c16-13-7-6-11(8-12(13)15(17,18)19)21-9-14(20)10-4-2-1-3-5-10/h1-8,14H,9,20H2. The van der Waals surface area contributed by atoms with Crippen LogP contribution in [-0.4, -0.2) is 6.61 Å². The maximum atomic E-state index is 13.1. The Morgan fingerprint density at radius 1 is 1.05 bits per heavy atom. The molecule has 0 spiro atoms. The van der Waals surface area contributed by atoms with Gasteiger partial charge in [-0.25, -0.2) is 4.39 Å². The average Bonchev–Trinajstić information content (AvgIpc) is 2.45. The molecule has 0 aliphatic rings. The second kappa shape index (κ2) is 6.13. The van der Waals surface area contributed by atoms with Gasteiger partial charge in [-0.3, -0.25) is 0 Å². The van der Waals surface area contributed by atoms with Crippen LogP contribution in [0.5, 0.6) is 5.75 Å². The van der Waals surface area contributed by atoms with Gasteiger partial charge in [0.2, 0.25) is 0 Å². The Bertz CT molecular complexity index is 598. The van der Waals surface area contributed by atoms with E-state index >= 15 is 0 Å². The number of benzene rings is 2. The number of hydrogen-bond donors (Lipinski definition) is 1. The highest BCUT2D eigenvalue weighted by atomic mass is 19.4. The van der Waals surface area contributed by atoms with Crippen LogP contribution in [0.1, 0.15) is 17.2 Å². The first-order valence-electron chi connectivity index (χ1n) is 6.18. The molecule has 1 unspecified atom stereocenters. The van der Waals surface area contributed by atoms with Crippen LogP contribution in [0.25, 0.3) is 0 Å². The summed E-state index contributed by atoms with van der Waals surface area (Å²) in [5.41, 5.74) is 5.32. The van der Waals surface area contributed by atoms with E-state index in [1.54, 1.807) is 24.3 Å². The third-order valence-electron chi connectivity index (χ3n) is 2.90. The van der Waals surface area contributed by atoms with Crippen molar-refractivity contribution in [2.75, 3.05) is 6.61 Å². The largest absolute Gasteiger partial charge is 0.492 e. The molecule has 0 heterocycles. The van der Waals surface area contributed by atoms with E-state index in [-0.39, 0.29) is 12.4 Å². The van der Waals surface area contributed by atoms with E-state index in [9.17, 15) is 17.6 Å². The van der Waals surface area contributed by atoms with Crippen molar-refractivity contribution in [1.82, 2.24) is 0 Å². The number of halogens is 4. The van der Waals surface area contributed by atoms with Gasteiger partial charge in [0, 0.05) is 0 Å². The zero-order valence-corrected chi connectivity index (χ0v) is 10.9. The molecular formula is C15H13F4NO. The van der Waals surface area contributed by atoms with E-state index in [0.717, 1.165) is 17.7 Å². The third kappa shape index (κ3) is 3.95. The van der Waals surface area contributed by atoms with Crippen LogP contribution >= 0.6 is 0 Å². The number of alkyl halides is 3. The van der Waals surface area contributed by atoms with E-state index in [2.05, 4.69) is 0 Å². The monoisotopic (exact) mass is 299 g/mol. The molecule has 0 aromatic heterocycles. The lowest BCUT2D eigenvalue weighted by molar-refractivity contribution is -0.140. The van der Waals surface area contributed by atoms with Gasteiger partial charge in [-0.15, -0.1) is 0 Å². The number of hydrogen-bond acceptors (Lipinski definition) is 2. The molecule has 0 radical (unpaired) electrons. The summed E-state index contributed by atoms with van der Waals surface area (Å²) < 4.78 is 56.1. The molecule has 6 heteroatoms. The summed E-state index contributed by atoms with van der Waals surface area (Å²) in [5, 5.41) is 0. The van der Waals surface area contributed by atoms with Crippen LogP contribution in [0.3, 0.4) is 0 Å². The summed E-state index contributed by atoms with van der Waals surface area (Å²) in [7, 11) is 0. The molecule has 2 aromatic rings. The zero-order chi connectivity index (χ0) is 15.5. The molecular weight excluding hydrogens is 286 g/mol. The molecule has 0 saturated carbocycles. The first-order valence-corrected chi connectivity index (χ1v) is 6.18. The Morgan fingerprint density at radius 3 is 2.33 bits per heavy atom. The molecule has 0 aliphatic carbocycles. The van der Waals surface area contributed by atoms with Crippen molar-refractivity contribution in [2.45, 2.75) is 12.2 Å². The second-order valence-corrected chi connectivity index (χ2v) is 4.47. The van der Waals surface area contributed by atoms with Crippen molar-refractivity contribution in [3.63, 3.8) is 0 Å². The fraction of sp³-hybridized carbons (Fsp3) is 0.200.